The molecule has 4 heteroatoms. The van der Waals surface area contributed by atoms with E-state index in [0.29, 0.717) is 0 Å². The second-order valence-electron chi connectivity index (χ2n) is 4.79. The highest BCUT2D eigenvalue weighted by atomic mass is 16.3. The fourth-order valence-corrected chi connectivity index (χ4v) is 2.24. The highest BCUT2D eigenvalue weighted by Crippen LogP contribution is 2.22. The molecular weight excluding hydrogens is 214 g/mol. The predicted octanol–water partition coefficient (Wildman–Crippen LogP) is 1.79. The number of aromatic nitrogens is 1. The number of fused-ring (bicyclic) bond motifs is 1. The van der Waals surface area contributed by atoms with Gasteiger partial charge in [-0.05, 0) is 18.2 Å². The van der Waals surface area contributed by atoms with E-state index in [2.05, 4.69) is 34.4 Å². The van der Waals surface area contributed by atoms with E-state index in [-0.39, 0.29) is 0 Å². The average Bonchev–Trinajstić information content (AvgIpc) is 2.62. The van der Waals surface area contributed by atoms with E-state index in [1.54, 1.807) is 0 Å². The van der Waals surface area contributed by atoms with Crippen molar-refractivity contribution in [1.29, 1.82) is 0 Å². The Labute approximate surface area is 101 Å². The number of nitrogens with one attached hydrogen (secondary N) is 1. The van der Waals surface area contributed by atoms with Gasteiger partial charge in [0, 0.05) is 45.2 Å². The SMILES string of the molecule is Cc1nc2cc(N(C)CC3CNC3)ccc2o1. The summed E-state index contributed by atoms with van der Waals surface area (Å²) in [4.78, 5) is 6.65. The minimum atomic E-state index is 0.725. The third-order valence-corrected chi connectivity index (χ3v) is 3.32. The van der Waals surface area contributed by atoms with E-state index < -0.39 is 0 Å². The lowest BCUT2D eigenvalue weighted by atomic mass is 10.0. The van der Waals surface area contributed by atoms with E-state index in [1.807, 2.05) is 13.0 Å². The molecule has 1 aliphatic heterocycles. The van der Waals surface area contributed by atoms with Crippen LogP contribution in [-0.2, 0) is 0 Å². The Morgan fingerprint density at radius 3 is 3.00 bits per heavy atom. The van der Waals surface area contributed by atoms with Crippen molar-refractivity contribution in [3.05, 3.63) is 24.1 Å². The lowest BCUT2D eigenvalue weighted by Gasteiger charge is -2.32. The molecule has 0 radical (unpaired) electrons. The highest BCUT2D eigenvalue weighted by molar-refractivity contribution is 5.77. The molecular formula is C13H17N3O. The lowest BCUT2D eigenvalue weighted by molar-refractivity contribution is 0.353. The molecule has 0 saturated carbocycles. The second kappa shape index (κ2) is 4.04. The zero-order valence-electron chi connectivity index (χ0n) is 10.2. The average molecular weight is 231 g/mol. The summed E-state index contributed by atoms with van der Waals surface area (Å²) < 4.78 is 5.48. The van der Waals surface area contributed by atoms with Crippen LogP contribution in [0.4, 0.5) is 5.69 Å². The molecule has 17 heavy (non-hydrogen) atoms. The summed E-state index contributed by atoms with van der Waals surface area (Å²) in [5.74, 6) is 1.50. The Balaban J connectivity index is 1.83. The minimum Gasteiger partial charge on any atom is -0.441 e. The van der Waals surface area contributed by atoms with Gasteiger partial charge in [0.15, 0.2) is 11.5 Å². The molecule has 2 heterocycles. The summed E-state index contributed by atoms with van der Waals surface area (Å²) in [6, 6.07) is 6.19. The summed E-state index contributed by atoms with van der Waals surface area (Å²) in [6.07, 6.45) is 0. The maximum atomic E-state index is 5.48. The molecule has 2 aromatic rings. The molecule has 90 valence electrons. The van der Waals surface area contributed by atoms with Crippen LogP contribution in [0.3, 0.4) is 0 Å². The first-order chi connectivity index (χ1) is 8.22. The molecule has 1 aromatic carbocycles. The summed E-state index contributed by atoms with van der Waals surface area (Å²) in [5.41, 5.74) is 3.02. The molecule has 0 aliphatic carbocycles. The van der Waals surface area contributed by atoms with Crippen molar-refractivity contribution in [2.45, 2.75) is 6.92 Å². The van der Waals surface area contributed by atoms with Gasteiger partial charge in [-0.1, -0.05) is 0 Å². The molecule has 1 fully saturated rings. The van der Waals surface area contributed by atoms with E-state index in [0.717, 1.165) is 42.5 Å². The smallest absolute Gasteiger partial charge is 0.192 e. The molecule has 3 rings (SSSR count). The number of oxazole rings is 1. The van der Waals surface area contributed by atoms with Gasteiger partial charge in [-0.25, -0.2) is 4.98 Å². The van der Waals surface area contributed by atoms with Crippen LogP contribution in [0.15, 0.2) is 22.6 Å². The number of rotatable bonds is 3. The molecule has 0 unspecified atom stereocenters. The summed E-state index contributed by atoms with van der Waals surface area (Å²) in [5, 5.41) is 3.30. The van der Waals surface area contributed by atoms with Gasteiger partial charge in [0.25, 0.3) is 0 Å². The molecule has 4 nitrogen and oxygen atoms in total. The van der Waals surface area contributed by atoms with Crippen LogP contribution in [0.25, 0.3) is 11.1 Å². The zero-order valence-corrected chi connectivity index (χ0v) is 10.2. The van der Waals surface area contributed by atoms with Gasteiger partial charge in [0.05, 0.1) is 0 Å². The fraction of sp³-hybridized carbons (Fsp3) is 0.462. The molecule has 0 spiro atoms. The van der Waals surface area contributed by atoms with Crippen molar-refractivity contribution < 1.29 is 4.42 Å². The third-order valence-electron chi connectivity index (χ3n) is 3.32. The molecule has 1 N–H and O–H groups in total. The Bertz CT molecular complexity index is 530. The highest BCUT2D eigenvalue weighted by Gasteiger charge is 2.18. The quantitative estimate of drug-likeness (QED) is 0.874. The van der Waals surface area contributed by atoms with Gasteiger partial charge in [-0.3, -0.25) is 0 Å². The number of aryl methyl sites for hydroxylation is 1. The van der Waals surface area contributed by atoms with Crippen LogP contribution in [0.2, 0.25) is 0 Å². The topological polar surface area (TPSA) is 41.3 Å². The van der Waals surface area contributed by atoms with Crippen LogP contribution in [0, 0.1) is 12.8 Å². The molecule has 1 saturated heterocycles. The minimum absolute atomic E-state index is 0.725. The van der Waals surface area contributed by atoms with Crippen LogP contribution < -0.4 is 10.2 Å². The summed E-state index contributed by atoms with van der Waals surface area (Å²) in [7, 11) is 2.13. The number of benzene rings is 1. The van der Waals surface area contributed by atoms with E-state index in [4.69, 9.17) is 4.42 Å². The first-order valence-corrected chi connectivity index (χ1v) is 6.01. The maximum absolute atomic E-state index is 5.48. The molecule has 0 amide bonds. The van der Waals surface area contributed by atoms with Crippen molar-refractivity contribution in [3.8, 4) is 0 Å². The van der Waals surface area contributed by atoms with E-state index in [1.165, 1.54) is 5.69 Å². The van der Waals surface area contributed by atoms with Crippen molar-refractivity contribution in [1.82, 2.24) is 10.3 Å². The molecule has 1 aromatic heterocycles. The normalized spacial score (nSPS) is 16.1. The van der Waals surface area contributed by atoms with Gasteiger partial charge in [-0.15, -0.1) is 0 Å². The number of anilines is 1. The van der Waals surface area contributed by atoms with Gasteiger partial charge < -0.3 is 14.6 Å². The van der Waals surface area contributed by atoms with E-state index in [9.17, 15) is 0 Å². The molecule has 1 aliphatic rings. The summed E-state index contributed by atoms with van der Waals surface area (Å²) in [6.45, 7) is 5.24. The van der Waals surface area contributed by atoms with Crippen LogP contribution in [0.5, 0.6) is 0 Å². The fourth-order valence-electron chi connectivity index (χ4n) is 2.24. The van der Waals surface area contributed by atoms with Crippen LogP contribution in [-0.4, -0.2) is 31.7 Å². The monoisotopic (exact) mass is 231 g/mol. The molecule has 0 atom stereocenters. The van der Waals surface area contributed by atoms with Crippen molar-refractivity contribution in [2.75, 3.05) is 31.6 Å². The molecule has 0 bridgehead atoms. The van der Waals surface area contributed by atoms with Gasteiger partial charge in [-0.2, -0.15) is 0 Å². The van der Waals surface area contributed by atoms with Crippen LogP contribution >= 0.6 is 0 Å². The van der Waals surface area contributed by atoms with Crippen molar-refractivity contribution in [3.63, 3.8) is 0 Å². The Kier molecular flexibility index (Phi) is 2.52. The number of hydrogen-bond donors (Lipinski definition) is 1. The maximum Gasteiger partial charge on any atom is 0.192 e. The van der Waals surface area contributed by atoms with Gasteiger partial charge >= 0.3 is 0 Å². The standard InChI is InChI=1S/C13H17N3O/c1-9-15-12-5-11(3-4-13(12)17-9)16(2)8-10-6-14-7-10/h3-5,10,14H,6-8H2,1-2H3. The van der Waals surface area contributed by atoms with Gasteiger partial charge in [0.2, 0.25) is 0 Å². The Morgan fingerprint density at radius 2 is 2.29 bits per heavy atom. The van der Waals surface area contributed by atoms with Crippen molar-refractivity contribution >= 4 is 16.8 Å². The number of nitrogens with zero attached hydrogens (tertiary/aromatic N) is 2. The third kappa shape index (κ3) is 2.00. The van der Waals surface area contributed by atoms with Crippen LogP contribution in [0.1, 0.15) is 5.89 Å². The summed E-state index contributed by atoms with van der Waals surface area (Å²) >= 11 is 0. The second-order valence-corrected chi connectivity index (χ2v) is 4.79. The predicted molar refractivity (Wildman–Crippen MR) is 68.4 cm³/mol. The Morgan fingerprint density at radius 1 is 1.47 bits per heavy atom. The first-order valence-electron chi connectivity index (χ1n) is 6.01. The Hall–Kier alpha value is -1.55. The van der Waals surface area contributed by atoms with Crippen molar-refractivity contribution in [2.24, 2.45) is 5.92 Å². The largest absolute Gasteiger partial charge is 0.441 e. The van der Waals surface area contributed by atoms with E-state index >= 15 is 0 Å². The van der Waals surface area contributed by atoms with Gasteiger partial charge in [0.1, 0.15) is 5.52 Å². The zero-order chi connectivity index (χ0) is 11.8. The lowest BCUT2D eigenvalue weighted by Crippen LogP contribution is -2.47. The number of hydrogen-bond acceptors (Lipinski definition) is 4. The first kappa shape index (κ1) is 10.6.